The molecule has 1 aromatic heterocycles. The number of aromatic nitrogens is 1. The zero-order valence-electron chi connectivity index (χ0n) is 12.1. The summed E-state index contributed by atoms with van der Waals surface area (Å²) in [7, 11) is 3.46. The van der Waals surface area contributed by atoms with Crippen molar-refractivity contribution in [3.8, 4) is 0 Å². The monoisotopic (exact) mass is 341 g/mol. The summed E-state index contributed by atoms with van der Waals surface area (Å²) in [6.07, 6.45) is 3.52. The Morgan fingerprint density at radius 3 is 2.75 bits per heavy atom. The van der Waals surface area contributed by atoms with Crippen molar-refractivity contribution in [1.82, 2.24) is 14.4 Å². The van der Waals surface area contributed by atoms with Crippen molar-refractivity contribution in [3.63, 3.8) is 0 Å². The van der Waals surface area contributed by atoms with E-state index < -0.39 is 0 Å². The minimum absolute atomic E-state index is 0.00419. The Kier molecular flexibility index (Phi) is 4.52. The maximum Gasteiger partial charge on any atom is 0.271 e. The van der Waals surface area contributed by atoms with Crippen LogP contribution in [0.4, 0.5) is 0 Å². The maximum absolute atomic E-state index is 12.7. The van der Waals surface area contributed by atoms with Crippen molar-refractivity contribution < 1.29 is 9.59 Å². The number of hydrogen-bond acceptors (Lipinski definition) is 2. The number of nitrogens with zero attached hydrogens (tertiary/aromatic N) is 3. The highest BCUT2D eigenvalue weighted by molar-refractivity contribution is 9.10. The van der Waals surface area contributed by atoms with Gasteiger partial charge < -0.3 is 14.4 Å². The lowest BCUT2D eigenvalue weighted by atomic mass is 10.2. The molecule has 0 radical (unpaired) electrons. The van der Waals surface area contributed by atoms with Crippen molar-refractivity contribution in [1.29, 1.82) is 0 Å². The van der Waals surface area contributed by atoms with Crippen LogP contribution in [0.5, 0.6) is 0 Å². The van der Waals surface area contributed by atoms with Gasteiger partial charge in [-0.25, -0.2) is 0 Å². The number of aryl methyl sites for hydroxylation is 1. The summed E-state index contributed by atoms with van der Waals surface area (Å²) >= 11 is 3.40. The van der Waals surface area contributed by atoms with Crippen LogP contribution in [0.25, 0.3) is 0 Å². The molecule has 5 nitrogen and oxygen atoms in total. The number of carbonyl (C=O) groups excluding carboxylic acids is 2. The number of carbonyl (C=O) groups is 2. The molecule has 0 aromatic carbocycles. The van der Waals surface area contributed by atoms with Gasteiger partial charge in [0.25, 0.3) is 5.91 Å². The van der Waals surface area contributed by atoms with Gasteiger partial charge in [-0.1, -0.05) is 0 Å². The van der Waals surface area contributed by atoms with Gasteiger partial charge in [0.15, 0.2) is 0 Å². The molecular formula is C14H20BrN3O2. The number of halogens is 1. The van der Waals surface area contributed by atoms with Gasteiger partial charge >= 0.3 is 0 Å². The minimum atomic E-state index is -0.323. The molecule has 110 valence electrons. The lowest BCUT2D eigenvalue weighted by molar-refractivity contribution is -0.132. The normalized spacial score (nSPS) is 18.4. The van der Waals surface area contributed by atoms with Crippen LogP contribution >= 0.6 is 15.9 Å². The molecular weight excluding hydrogens is 322 g/mol. The number of likely N-dealkylation sites (N-methyl/N-ethyl adjacent to an activating group) is 1. The third-order valence-electron chi connectivity index (χ3n) is 3.66. The third-order valence-corrected chi connectivity index (χ3v) is 4.10. The first kappa shape index (κ1) is 15.1. The van der Waals surface area contributed by atoms with E-state index in [9.17, 15) is 9.59 Å². The van der Waals surface area contributed by atoms with Gasteiger partial charge in [-0.3, -0.25) is 9.59 Å². The summed E-state index contributed by atoms with van der Waals surface area (Å²) in [6, 6.07) is 1.50. The SMILES string of the molecule is CCn1cc(Br)cc1C(=O)N1CCCC1C(=O)N(C)C. The summed E-state index contributed by atoms with van der Waals surface area (Å²) < 4.78 is 2.79. The molecule has 0 N–H and O–H groups in total. The van der Waals surface area contributed by atoms with Crippen molar-refractivity contribution in [2.75, 3.05) is 20.6 Å². The van der Waals surface area contributed by atoms with Gasteiger partial charge in [0.1, 0.15) is 11.7 Å². The quantitative estimate of drug-likeness (QED) is 0.843. The number of likely N-dealkylation sites (tertiary alicyclic amines) is 1. The fourth-order valence-corrected chi connectivity index (χ4v) is 3.09. The van der Waals surface area contributed by atoms with Gasteiger partial charge in [0, 0.05) is 37.9 Å². The van der Waals surface area contributed by atoms with E-state index in [1.165, 1.54) is 0 Å². The molecule has 0 aliphatic carbocycles. The van der Waals surface area contributed by atoms with E-state index >= 15 is 0 Å². The van der Waals surface area contributed by atoms with Crippen molar-refractivity contribution in [3.05, 3.63) is 22.4 Å². The van der Waals surface area contributed by atoms with E-state index in [1.54, 1.807) is 23.9 Å². The Morgan fingerprint density at radius 1 is 1.45 bits per heavy atom. The molecule has 2 rings (SSSR count). The molecule has 1 aliphatic rings. The molecule has 1 saturated heterocycles. The van der Waals surface area contributed by atoms with Gasteiger partial charge in [0.05, 0.1) is 0 Å². The molecule has 1 unspecified atom stereocenters. The second kappa shape index (κ2) is 5.99. The molecule has 2 amide bonds. The second-order valence-electron chi connectivity index (χ2n) is 5.22. The molecule has 0 saturated carbocycles. The van der Waals surface area contributed by atoms with E-state index in [0.717, 1.165) is 23.9 Å². The summed E-state index contributed by atoms with van der Waals surface area (Å²) in [5.74, 6) is -0.0558. The molecule has 2 heterocycles. The lowest BCUT2D eigenvalue weighted by Crippen LogP contribution is -2.45. The fraction of sp³-hybridized carbons (Fsp3) is 0.571. The highest BCUT2D eigenvalue weighted by atomic mass is 79.9. The number of amides is 2. The standard InChI is InChI=1S/C14H20BrN3O2/c1-4-17-9-10(15)8-12(17)14(20)18-7-5-6-11(18)13(19)16(2)3/h8-9,11H,4-7H2,1-3H3. The molecule has 0 bridgehead atoms. The molecule has 1 aromatic rings. The van der Waals surface area contributed by atoms with Crippen molar-refractivity contribution in [2.45, 2.75) is 32.4 Å². The van der Waals surface area contributed by atoms with Crippen LogP contribution in [0.2, 0.25) is 0 Å². The molecule has 1 atom stereocenters. The van der Waals surface area contributed by atoms with Crippen molar-refractivity contribution in [2.24, 2.45) is 0 Å². The Labute approximate surface area is 127 Å². The van der Waals surface area contributed by atoms with Crippen LogP contribution in [0.1, 0.15) is 30.3 Å². The smallest absolute Gasteiger partial charge is 0.271 e. The van der Waals surface area contributed by atoms with Gasteiger partial charge in [0.2, 0.25) is 5.91 Å². The van der Waals surface area contributed by atoms with Gasteiger partial charge in [-0.15, -0.1) is 0 Å². The molecule has 0 spiro atoms. The van der Waals surface area contributed by atoms with E-state index in [2.05, 4.69) is 15.9 Å². The maximum atomic E-state index is 12.7. The Morgan fingerprint density at radius 2 is 2.15 bits per heavy atom. The van der Waals surface area contributed by atoms with Crippen LogP contribution in [0.3, 0.4) is 0 Å². The molecule has 6 heteroatoms. The molecule has 1 aliphatic heterocycles. The first-order chi connectivity index (χ1) is 9.45. The Hall–Kier alpha value is -1.30. The minimum Gasteiger partial charge on any atom is -0.347 e. The van der Waals surface area contributed by atoms with Crippen LogP contribution in [0, 0.1) is 0 Å². The summed E-state index contributed by atoms with van der Waals surface area (Å²) in [6.45, 7) is 3.37. The van der Waals surface area contributed by atoms with Gasteiger partial charge in [-0.05, 0) is 41.8 Å². The van der Waals surface area contributed by atoms with Crippen LogP contribution < -0.4 is 0 Å². The van der Waals surface area contributed by atoms with Crippen LogP contribution in [-0.4, -0.2) is 52.9 Å². The predicted octanol–water partition coefficient (Wildman–Crippen LogP) is 1.96. The average molecular weight is 342 g/mol. The lowest BCUT2D eigenvalue weighted by Gasteiger charge is -2.26. The molecule has 20 heavy (non-hydrogen) atoms. The Bertz CT molecular complexity index is 524. The fourth-order valence-electron chi connectivity index (χ4n) is 2.63. The summed E-state index contributed by atoms with van der Waals surface area (Å²) in [5.41, 5.74) is 0.637. The second-order valence-corrected chi connectivity index (χ2v) is 6.13. The topological polar surface area (TPSA) is 45.6 Å². The van der Waals surface area contributed by atoms with E-state index in [0.29, 0.717) is 12.2 Å². The van der Waals surface area contributed by atoms with Crippen LogP contribution in [0.15, 0.2) is 16.7 Å². The summed E-state index contributed by atoms with van der Waals surface area (Å²) in [4.78, 5) is 28.1. The Balaban J connectivity index is 2.25. The zero-order chi connectivity index (χ0) is 14.9. The first-order valence-corrected chi connectivity index (χ1v) is 7.62. The predicted molar refractivity (Wildman–Crippen MR) is 80.6 cm³/mol. The van der Waals surface area contributed by atoms with E-state index in [4.69, 9.17) is 0 Å². The highest BCUT2D eigenvalue weighted by Gasteiger charge is 2.36. The third kappa shape index (κ3) is 2.75. The number of rotatable bonds is 3. The van der Waals surface area contributed by atoms with E-state index in [-0.39, 0.29) is 17.9 Å². The first-order valence-electron chi connectivity index (χ1n) is 6.83. The molecule has 1 fully saturated rings. The van der Waals surface area contributed by atoms with Gasteiger partial charge in [-0.2, -0.15) is 0 Å². The van der Waals surface area contributed by atoms with E-state index in [1.807, 2.05) is 23.8 Å². The zero-order valence-corrected chi connectivity index (χ0v) is 13.7. The largest absolute Gasteiger partial charge is 0.347 e. The van der Waals surface area contributed by atoms with Crippen molar-refractivity contribution >= 4 is 27.7 Å². The van der Waals surface area contributed by atoms with Crippen LogP contribution in [-0.2, 0) is 11.3 Å². The summed E-state index contributed by atoms with van der Waals surface area (Å²) in [5, 5.41) is 0. The average Bonchev–Trinajstić information content (AvgIpc) is 3.02. The number of hydrogen-bond donors (Lipinski definition) is 0. The highest BCUT2D eigenvalue weighted by Crippen LogP contribution is 2.23.